The standard InChI is InChI=1S/C15H18IN3O/c1-4-17-15-14(16)10(2)18-13(19-15)9-11-6-5-7-12(8-11)20-3/h5-8H,4,9H2,1-3H3,(H,17,18,19). The highest BCUT2D eigenvalue weighted by Crippen LogP contribution is 2.20. The molecule has 0 atom stereocenters. The number of ether oxygens (including phenoxy) is 1. The van der Waals surface area contributed by atoms with Crippen LogP contribution < -0.4 is 10.1 Å². The number of nitrogens with one attached hydrogen (secondary N) is 1. The summed E-state index contributed by atoms with van der Waals surface area (Å²) in [5, 5.41) is 3.28. The van der Waals surface area contributed by atoms with Crippen molar-refractivity contribution in [3.63, 3.8) is 0 Å². The van der Waals surface area contributed by atoms with Gasteiger partial charge in [0.1, 0.15) is 17.4 Å². The lowest BCUT2D eigenvalue weighted by Crippen LogP contribution is -2.08. The molecule has 106 valence electrons. The molecule has 0 amide bonds. The second kappa shape index (κ2) is 6.88. The molecule has 0 aliphatic carbocycles. The number of halogens is 1. The van der Waals surface area contributed by atoms with Crippen molar-refractivity contribution in [2.75, 3.05) is 19.0 Å². The van der Waals surface area contributed by atoms with Crippen LogP contribution in [0, 0.1) is 10.5 Å². The molecule has 0 unspecified atom stereocenters. The maximum Gasteiger partial charge on any atom is 0.143 e. The quantitative estimate of drug-likeness (QED) is 0.804. The molecule has 0 aliphatic heterocycles. The molecule has 0 spiro atoms. The summed E-state index contributed by atoms with van der Waals surface area (Å²) in [4.78, 5) is 9.17. The molecule has 1 heterocycles. The van der Waals surface area contributed by atoms with Crippen LogP contribution in [0.15, 0.2) is 24.3 Å². The minimum atomic E-state index is 0.702. The smallest absolute Gasteiger partial charge is 0.143 e. The van der Waals surface area contributed by atoms with Gasteiger partial charge in [0.25, 0.3) is 0 Å². The van der Waals surface area contributed by atoms with E-state index in [0.29, 0.717) is 6.42 Å². The molecule has 2 aromatic rings. The first kappa shape index (κ1) is 15.0. The topological polar surface area (TPSA) is 47.0 Å². The van der Waals surface area contributed by atoms with E-state index in [9.17, 15) is 0 Å². The van der Waals surface area contributed by atoms with Crippen LogP contribution in [0.1, 0.15) is 24.0 Å². The van der Waals surface area contributed by atoms with Gasteiger partial charge < -0.3 is 10.1 Å². The molecule has 0 saturated heterocycles. The highest BCUT2D eigenvalue weighted by molar-refractivity contribution is 14.1. The molecule has 1 aromatic heterocycles. The van der Waals surface area contributed by atoms with Crippen molar-refractivity contribution in [1.29, 1.82) is 0 Å². The predicted molar refractivity (Wildman–Crippen MR) is 89.4 cm³/mol. The Kier molecular flexibility index (Phi) is 5.17. The number of hydrogen-bond donors (Lipinski definition) is 1. The average molecular weight is 383 g/mol. The van der Waals surface area contributed by atoms with Gasteiger partial charge >= 0.3 is 0 Å². The van der Waals surface area contributed by atoms with E-state index in [2.05, 4.69) is 50.9 Å². The van der Waals surface area contributed by atoms with E-state index in [0.717, 1.165) is 38.8 Å². The lowest BCUT2D eigenvalue weighted by Gasteiger charge is -2.10. The van der Waals surface area contributed by atoms with Gasteiger partial charge in [-0.1, -0.05) is 12.1 Å². The number of nitrogens with zero attached hydrogens (tertiary/aromatic N) is 2. The Balaban J connectivity index is 2.28. The molecule has 1 N–H and O–H groups in total. The normalized spacial score (nSPS) is 10.4. The van der Waals surface area contributed by atoms with E-state index in [1.165, 1.54) is 0 Å². The fourth-order valence-electron chi connectivity index (χ4n) is 1.95. The van der Waals surface area contributed by atoms with Crippen LogP contribution >= 0.6 is 22.6 Å². The van der Waals surface area contributed by atoms with Gasteiger partial charge in [0.2, 0.25) is 0 Å². The van der Waals surface area contributed by atoms with Gasteiger partial charge in [-0.25, -0.2) is 9.97 Å². The molecule has 1 aromatic carbocycles. The summed E-state index contributed by atoms with van der Waals surface area (Å²) < 4.78 is 6.33. The lowest BCUT2D eigenvalue weighted by atomic mass is 10.1. The largest absolute Gasteiger partial charge is 0.497 e. The predicted octanol–water partition coefficient (Wildman–Crippen LogP) is 3.42. The van der Waals surface area contributed by atoms with Crippen LogP contribution in [0.4, 0.5) is 5.82 Å². The van der Waals surface area contributed by atoms with E-state index >= 15 is 0 Å². The van der Waals surface area contributed by atoms with E-state index < -0.39 is 0 Å². The fourth-order valence-corrected chi connectivity index (χ4v) is 2.38. The van der Waals surface area contributed by atoms with Crippen LogP contribution in [-0.4, -0.2) is 23.6 Å². The molecule has 4 nitrogen and oxygen atoms in total. The summed E-state index contributed by atoms with van der Waals surface area (Å²) in [5.74, 6) is 2.60. The Bertz CT molecular complexity index is 602. The first-order chi connectivity index (χ1) is 9.63. The van der Waals surface area contributed by atoms with Crippen molar-refractivity contribution >= 4 is 28.4 Å². The Morgan fingerprint density at radius 2 is 2.10 bits per heavy atom. The number of aromatic nitrogens is 2. The summed E-state index contributed by atoms with van der Waals surface area (Å²) in [6.45, 7) is 4.93. The van der Waals surface area contributed by atoms with Crippen molar-refractivity contribution in [2.24, 2.45) is 0 Å². The number of methoxy groups -OCH3 is 1. The van der Waals surface area contributed by atoms with E-state index in [4.69, 9.17) is 4.74 Å². The lowest BCUT2D eigenvalue weighted by molar-refractivity contribution is 0.414. The van der Waals surface area contributed by atoms with Gasteiger partial charge in [-0.05, 0) is 54.1 Å². The van der Waals surface area contributed by atoms with Crippen LogP contribution in [0.3, 0.4) is 0 Å². The van der Waals surface area contributed by atoms with Crippen molar-refractivity contribution in [1.82, 2.24) is 9.97 Å². The van der Waals surface area contributed by atoms with Crippen LogP contribution in [0.5, 0.6) is 5.75 Å². The molecular weight excluding hydrogens is 365 g/mol. The third kappa shape index (κ3) is 3.59. The SMILES string of the molecule is CCNc1nc(Cc2cccc(OC)c2)nc(C)c1I. The first-order valence-electron chi connectivity index (χ1n) is 6.53. The first-order valence-corrected chi connectivity index (χ1v) is 7.61. The van der Waals surface area contributed by atoms with Gasteiger partial charge in [0.05, 0.1) is 16.4 Å². The second-order valence-corrected chi connectivity index (χ2v) is 5.53. The third-order valence-electron chi connectivity index (χ3n) is 2.90. The van der Waals surface area contributed by atoms with Gasteiger partial charge in [-0.3, -0.25) is 0 Å². The number of hydrogen-bond acceptors (Lipinski definition) is 4. The number of anilines is 1. The minimum Gasteiger partial charge on any atom is -0.497 e. The average Bonchev–Trinajstić information content (AvgIpc) is 2.44. The Labute approximate surface area is 133 Å². The number of rotatable bonds is 5. The van der Waals surface area contributed by atoms with Crippen molar-refractivity contribution < 1.29 is 4.74 Å². The fraction of sp³-hybridized carbons (Fsp3) is 0.333. The molecular formula is C15H18IN3O. The summed E-state index contributed by atoms with van der Waals surface area (Å²) in [5.41, 5.74) is 2.15. The zero-order valence-corrected chi connectivity index (χ0v) is 14.1. The molecule has 0 radical (unpaired) electrons. The molecule has 0 aliphatic rings. The minimum absolute atomic E-state index is 0.702. The molecule has 2 rings (SSSR count). The molecule has 20 heavy (non-hydrogen) atoms. The molecule has 0 fully saturated rings. The monoisotopic (exact) mass is 383 g/mol. The maximum absolute atomic E-state index is 5.24. The van der Waals surface area contributed by atoms with Crippen molar-refractivity contribution in [2.45, 2.75) is 20.3 Å². The zero-order chi connectivity index (χ0) is 14.5. The van der Waals surface area contributed by atoms with E-state index in [1.54, 1.807) is 7.11 Å². The summed E-state index contributed by atoms with van der Waals surface area (Å²) in [7, 11) is 1.67. The summed E-state index contributed by atoms with van der Waals surface area (Å²) in [6.07, 6.45) is 0.702. The van der Waals surface area contributed by atoms with Crippen LogP contribution in [0.25, 0.3) is 0 Å². The summed E-state index contributed by atoms with van der Waals surface area (Å²) in [6, 6.07) is 8.00. The summed E-state index contributed by atoms with van der Waals surface area (Å²) >= 11 is 2.28. The van der Waals surface area contributed by atoms with E-state index in [1.807, 2.05) is 25.1 Å². The number of benzene rings is 1. The highest BCUT2D eigenvalue weighted by atomic mass is 127. The van der Waals surface area contributed by atoms with E-state index in [-0.39, 0.29) is 0 Å². The van der Waals surface area contributed by atoms with Crippen LogP contribution in [-0.2, 0) is 6.42 Å². The molecule has 5 heteroatoms. The van der Waals surface area contributed by atoms with Crippen molar-refractivity contribution in [3.8, 4) is 5.75 Å². The molecule has 0 bridgehead atoms. The number of aryl methyl sites for hydroxylation is 1. The maximum atomic E-state index is 5.24. The van der Waals surface area contributed by atoms with Gasteiger partial charge in [0, 0.05) is 13.0 Å². The highest BCUT2D eigenvalue weighted by Gasteiger charge is 2.09. The van der Waals surface area contributed by atoms with Crippen molar-refractivity contribution in [3.05, 3.63) is 44.9 Å². The van der Waals surface area contributed by atoms with Crippen LogP contribution in [0.2, 0.25) is 0 Å². The van der Waals surface area contributed by atoms with Gasteiger partial charge in [0.15, 0.2) is 0 Å². The molecule has 0 saturated carbocycles. The third-order valence-corrected chi connectivity index (χ3v) is 4.20. The second-order valence-electron chi connectivity index (χ2n) is 4.45. The zero-order valence-electron chi connectivity index (χ0n) is 11.9. The Morgan fingerprint density at radius 3 is 2.80 bits per heavy atom. The Morgan fingerprint density at radius 1 is 1.30 bits per heavy atom. The van der Waals surface area contributed by atoms with Gasteiger partial charge in [-0.2, -0.15) is 0 Å². The van der Waals surface area contributed by atoms with Gasteiger partial charge in [-0.15, -0.1) is 0 Å². The Hall–Kier alpha value is -1.37.